The highest BCUT2D eigenvalue weighted by Gasteiger charge is 2.30. The van der Waals surface area contributed by atoms with E-state index in [1.54, 1.807) is 6.92 Å². The highest BCUT2D eigenvalue weighted by molar-refractivity contribution is 5.87. The Bertz CT molecular complexity index is 212. The molecule has 14 heavy (non-hydrogen) atoms. The summed E-state index contributed by atoms with van der Waals surface area (Å²) in [6, 6.07) is 0. The second-order valence-electron chi connectivity index (χ2n) is 4.29. The van der Waals surface area contributed by atoms with Crippen molar-refractivity contribution in [3.63, 3.8) is 0 Å². The predicted molar refractivity (Wildman–Crippen MR) is 59.1 cm³/mol. The summed E-state index contributed by atoms with van der Waals surface area (Å²) in [6.07, 6.45) is 2.04. The van der Waals surface area contributed by atoms with Gasteiger partial charge in [-0.25, -0.2) is 4.79 Å². The maximum atomic E-state index is 11.4. The monoisotopic (exact) mass is 198 g/mol. The van der Waals surface area contributed by atoms with Crippen LogP contribution < -0.4 is 0 Å². The van der Waals surface area contributed by atoms with Crippen molar-refractivity contribution in [1.82, 2.24) is 0 Å². The lowest BCUT2D eigenvalue weighted by atomic mass is 9.86. The summed E-state index contributed by atoms with van der Waals surface area (Å²) in [6.45, 7) is 13.4. The van der Waals surface area contributed by atoms with Gasteiger partial charge in [0.25, 0.3) is 0 Å². The summed E-state index contributed by atoms with van der Waals surface area (Å²) in [5, 5.41) is 0. The van der Waals surface area contributed by atoms with E-state index in [1.165, 1.54) is 0 Å². The minimum absolute atomic E-state index is 0.290. The molecule has 0 atom stereocenters. The molecule has 0 aliphatic rings. The minimum atomic E-state index is -0.389. The van der Waals surface area contributed by atoms with E-state index in [4.69, 9.17) is 4.74 Å². The number of rotatable bonds is 5. The van der Waals surface area contributed by atoms with Crippen LogP contribution in [0.3, 0.4) is 0 Å². The zero-order chi connectivity index (χ0) is 11.4. The molecule has 0 aromatic heterocycles. The second-order valence-corrected chi connectivity index (χ2v) is 4.29. The lowest BCUT2D eigenvalue weighted by molar-refractivity contribution is -0.157. The van der Waals surface area contributed by atoms with Crippen LogP contribution in [0.15, 0.2) is 12.2 Å². The van der Waals surface area contributed by atoms with Gasteiger partial charge in [0.15, 0.2) is 0 Å². The Labute approximate surface area is 87.3 Å². The molecule has 0 bridgehead atoms. The minimum Gasteiger partial charge on any atom is -0.456 e. The molecule has 0 fully saturated rings. The summed E-state index contributed by atoms with van der Waals surface area (Å²) in [4.78, 5) is 11.4. The fourth-order valence-corrected chi connectivity index (χ4v) is 1.68. The van der Waals surface area contributed by atoms with Crippen molar-refractivity contribution in [2.24, 2.45) is 5.92 Å². The van der Waals surface area contributed by atoms with Crippen LogP contribution >= 0.6 is 0 Å². The Morgan fingerprint density at radius 2 is 1.79 bits per heavy atom. The van der Waals surface area contributed by atoms with Crippen molar-refractivity contribution < 1.29 is 9.53 Å². The molecule has 0 N–H and O–H groups in total. The summed E-state index contributed by atoms with van der Waals surface area (Å²) in [7, 11) is 0. The number of esters is 1. The Morgan fingerprint density at radius 1 is 1.36 bits per heavy atom. The SMILES string of the molecule is C=C(C)C(=O)OC(C)(C)C(CC)CC. The molecule has 2 nitrogen and oxygen atoms in total. The van der Waals surface area contributed by atoms with Gasteiger partial charge in [-0.3, -0.25) is 0 Å². The molecule has 0 aliphatic carbocycles. The van der Waals surface area contributed by atoms with E-state index in [-0.39, 0.29) is 11.6 Å². The van der Waals surface area contributed by atoms with Gasteiger partial charge in [0.2, 0.25) is 0 Å². The summed E-state index contributed by atoms with van der Waals surface area (Å²) >= 11 is 0. The van der Waals surface area contributed by atoms with Crippen LogP contribution in [0.4, 0.5) is 0 Å². The Hall–Kier alpha value is -0.790. The highest BCUT2D eigenvalue weighted by atomic mass is 16.6. The fraction of sp³-hybridized carbons (Fsp3) is 0.750. The smallest absolute Gasteiger partial charge is 0.333 e. The van der Waals surface area contributed by atoms with Gasteiger partial charge in [0.1, 0.15) is 5.60 Å². The average Bonchev–Trinajstić information content (AvgIpc) is 2.04. The van der Waals surface area contributed by atoms with Gasteiger partial charge in [0.05, 0.1) is 0 Å². The van der Waals surface area contributed by atoms with E-state index in [0.717, 1.165) is 12.8 Å². The third kappa shape index (κ3) is 3.52. The Kier molecular flexibility index (Phi) is 4.89. The van der Waals surface area contributed by atoms with Gasteiger partial charge in [-0.15, -0.1) is 0 Å². The molecule has 0 saturated heterocycles. The van der Waals surface area contributed by atoms with Crippen LogP contribution in [0.5, 0.6) is 0 Å². The summed E-state index contributed by atoms with van der Waals surface area (Å²) < 4.78 is 5.40. The largest absolute Gasteiger partial charge is 0.456 e. The van der Waals surface area contributed by atoms with Crippen LogP contribution in [-0.2, 0) is 9.53 Å². The molecular formula is C12H22O2. The third-order valence-corrected chi connectivity index (χ3v) is 2.67. The van der Waals surface area contributed by atoms with E-state index in [9.17, 15) is 4.79 Å². The molecule has 0 heterocycles. The molecule has 0 saturated carbocycles. The molecule has 0 aliphatic heterocycles. The first-order chi connectivity index (χ1) is 6.35. The first-order valence-electron chi connectivity index (χ1n) is 5.24. The predicted octanol–water partition coefficient (Wildman–Crippen LogP) is 3.32. The first kappa shape index (κ1) is 13.2. The fourth-order valence-electron chi connectivity index (χ4n) is 1.68. The summed E-state index contributed by atoms with van der Waals surface area (Å²) in [5.74, 6) is 0.118. The number of hydrogen-bond acceptors (Lipinski definition) is 2. The van der Waals surface area contributed by atoms with Crippen molar-refractivity contribution in [2.45, 2.75) is 53.1 Å². The van der Waals surface area contributed by atoms with Crippen LogP contribution in [0, 0.1) is 5.92 Å². The van der Waals surface area contributed by atoms with E-state index < -0.39 is 0 Å². The molecule has 82 valence electrons. The van der Waals surface area contributed by atoms with Crippen molar-refractivity contribution in [1.29, 1.82) is 0 Å². The zero-order valence-electron chi connectivity index (χ0n) is 10.0. The van der Waals surface area contributed by atoms with Gasteiger partial charge in [0, 0.05) is 5.57 Å². The molecule has 2 heteroatoms. The van der Waals surface area contributed by atoms with Gasteiger partial charge in [-0.2, -0.15) is 0 Å². The zero-order valence-corrected chi connectivity index (χ0v) is 10.0. The second kappa shape index (κ2) is 5.18. The number of carbonyl (C=O) groups excluding carboxylic acids is 1. The van der Waals surface area contributed by atoms with Crippen molar-refractivity contribution in [3.8, 4) is 0 Å². The molecule has 0 spiro atoms. The molecule has 0 radical (unpaired) electrons. The molecular weight excluding hydrogens is 176 g/mol. The van der Waals surface area contributed by atoms with Crippen LogP contribution in [-0.4, -0.2) is 11.6 Å². The normalized spacial score (nSPS) is 11.6. The van der Waals surface area contributed by atoms with Gasteiger partial charge >= 0.3 is 5.97 Å². The molecule has 0 amide bonds. The topological polar surface area (TPSA) is 26.3 Å². The maximum Gasteiger partial charge on any atom is 0.333 e. The standard InChI is InChI=1S/C12H22O2/c1-7-10(8-2)12(5,6)14-11(13)9(3)4/h10H,3,7-8H2,1-2,4-6H3. The number of ether oxygens (including phenoxy) is 1. The molecule has 0 aromatic rings. The van der Waals surface area contributed by atoms with Gasteiger partial charge in [-0.1, -0.05) is 20.4 Å². The van der Waals surface area contributed by atoms with E-state index in [0.29, 0.717) is 11.5 Å². The molecule has 0 aromatic carbocycles. The summed E-state index contributed by atoms with van der Waals surface area (Å²) in [5.41, 5.74) is 0.0727. The van der Waals surface area contributed by atoms with E-state index in [1.807, 2.05) is 13.8 Å². The van der Waals surface area contributed by atoms with Gasteiger partial charge < -0.3 is 4.74 Å². The van der Waals surface area contributed by atoms with Crippen LogP contribution in [0.25, 0.3) is 0 Å². The van der Waals surface area contributed by atoms with Crippen LogP contribution in [0.2, 0.25) is 0 Å². The van der Waals surface area contributed by atoms with Gasteiger partial charge in [-0.05, 0) is 39.5 Å². The van der Waals surface area contributed by atoms with Crippen molar-refractivity contribution >= 4 is 5.97 Å². The maximum absolute atomic E-state index is 11.4. The van der Waals surface area contributed by atoms with E-state index >= 15 is 0 Å². The Balaban J connectivity index is 4.46. The third-order valence-electron chi connectivity index (χ3n) is 2.67. The molecule has 0 unspecified atom stereocenters. The van der Waals surface area contributed by atoms with E-state index in [2.05, 4.69) is 20.4 Å². The first-order valence-corrected chi connectivity index (χ1v) is 5.24. The van der Waals surface area contributed by atoms with Crippen molar-refractivity contribution in [3.05, 3.63) is 12.2 Å². The number of carbonyl (C=O) groups is 1. The quantitative estimate of drug-likeness (QED) is 0.500. The molecule has 0 rings (SSSR count). The van der Waals surface area contributed by atoms with Crippen molar-refractivity contribution in [2.75, 3.05) is 0 Å². The lowest BCUT2D eigenvalue weighted by Gasteiger charge is -2.32. The highest BCUT2D eigenvalue weighted by Crippen LogP contribution is 2.27. The Morgan fingerprint density at radius 3 is 2.07 bits per heavy atom. The van der Waals surface area contributed by atoms with Crippen LogP contribution in [0.1, 0.15) is 47.5 Å². The average molecular weight is 198 g/mol. The lowest BCUT2D eigenvalue weighted by Crippen LogP contribution is -2.36. The number of hydrogen-bond donors (Lipinski definition) is 0.